The van der Waals surface area contributed by atoms with Gasteiger partial charge in [0.15, 0.2) is 0 Å². The Morgan fingerprint density at radius 2 is 1.78 bits per heavy atom. The number of carboxylic acid groups (broad SMARTS) is 1. The Kier molecular flexibility index (Phi) is 9.77. The van der Waals surface area contributed by atoms with Crippen molar-refractivity contribution in [2.24, 2.45) is 11.7 Å². The number of carbonyl (C=O) groups is 2. The normalized spacial score (nSPS) is 15.6. The molecule has 0 saturated carbocycles. The lowest BCUT2D eigenvalue weighted by Crippen LogP contribution is -2.21. The third-order valence-corrected chi connectivity index (χ3v) is 5.17. The summed E-state index contributed by atoms with van der Waals surface area (Å²) in [5.74, 6) is -2.82. The number of hydrogen-bond donors (Lipinski definition) is 3. The van der Waals surface area contributed by atoms with Crippen LogP contribution in [0.15, 0.2) is 23.3 Å². The minimum atomic E-state index is -3.59. The molecule has 0 radical (unpaired) electrons. The summed E-state index contributed by atoms with van der Waals surface area (Å²) in [6.07, 6.45) is 4.97. The second kappa shape index (κ2) is 10.4. The van der Waals surface area contributed by atoms with Crippen LogP contribution >= 0.6 is 7.37 Å². The molecule has 7 heteroatoms. The van der Waals surface area contributed by atoms with Crippen LogP contribution in [0.25, 0.3) is 0 Å². The SMILES string of the molecule is CC(C)=CCC/C(C)=C/CP(=O)(O)CC(CCC(N)=O)C(=O)O. The van der Waals surface area contributed by atoms with Gasteiger partial charge in [0.25, 0.3) is 0 Å². The fourth-order valence-electron chi connectivity index (χ4n) is 2.02. The molecule has 132 valence electrons. The summed E-state index contributed by atoms with van der Waals surface area (Å²) in [6.45, 7) is 5.92. The average Bonchev–Trinajstić information content (AvgIpc) is 2.40. The molecule has 0 aromatic carbocycles. The highest BCUT2D eigenvalue weighted by Gasteiger charge is 2.28. The van der Waals surface area contributed by atoms with Crippen molar-refractivity contribution < 1.29 is 24.2 Å². The van der Waals surface area contributed by atoms with E-state index in [0.29, 0.717) is 0 Å². The van der Waals surface area contributed by atoms with Crippen molar-refractivity contribution in [1.82, 2.24) is 0 Å². The van der Waals surface area contributed by atoms with Crippen molar-refractivity contribution in [3.63, 3.8) is 0 Å². The number of aliphatic carboxylic acids is 1. The first kappa shape index (κ1) is 21.6. The van der Waals surface area contributed by atoms with Gasteiger partial charge in [0.05, 0.1) is 5.92 Å². The Morgan fingerprint density at radius 3 is 2.26 bits per heavy atom. The summed E-state index contributed by atoms with van der Waals surface area (Å²) in [5.41, 5.74) is 7.22. The molecule has 4 N–H and O–H groups in total. The fourth-order valence-corrected chi connectivity index (χ4v) is 3.79. The first-order valence-corrected chi connectivity index (χ1v) is 9.67. The zero-order chi connectivity index (χ0) is 18.0. The summed E-state index contributed by atoms with van der Waals surface area (Å²) in [4.78, 5) is 31.8. The Morgan fingerprint density at radius 1 is 1.17 bits per heavy atom. The van der Waals surface area contributed by atoms with Gasteiger partial charge in [-0.15, -0.1) is 0 Å². The van der Waals surface area contributed by atoms with Gasteiger partial charge in [-0.1, -0.05) is 23.3 Å². The molecule has 6 nitrogen and oxygen atoms in total. The molecule has 0 aliphatic carbocycles. The molecular formula is C16H28NO5P. The zero-order valence-corrected chi connectivity index (χ0v) is 15.0. The Hall–Kier alpha value is -1.39. The lowest BCUT2D eigenvalue weighted by molar-refractivity contribution is -0.141. The van der Waals surface area contributed by atoms with Crippen molar-refractivity contribution in [3.05, 3.63) is 23.3 Å². The van der Waals surface area contributed by atoms with Crippen LogP contribution in [0.2, 0.25) is 0 Å². The van der Waals surface area contributed by atoms with E-state index in [9.17, 15) is 19.0 Å². The van der Waals surface area contributed by atoms with Crippen molar-refractivity contribution in [2.45, 2.75) is 46.5 Å². The average molecular weight is 345 g/mol. The predicted molar refractivity (Wildman–Crippen MR) is 91.5 cm³/mol. The molecule has 0 fully saturated rings. The Labute approximate surface area is 137 Å². The van der Waals surface area contributed by atoms with E-state index in [1.807, 2.05) is 20.8 Å². The molecular weight excluding hydrogens is 317 g/mol. The second-order valence-electron chi connectivity index (χ2n) is 6.12. The number of carboxylic acids is 1. The maximum atomic E-state index is 12.2. The summed E-state index contributed by atoms with van der Waals surface area (Å²) >= 11 is 0. The lowest BCUT2D eigenvalue weighted by Gasteiger charge is -2.16. The van der Waals surface area contributed by atoms with Gasteiger partial charge in [-0.3, -0.25) is 14.2 Å². The molecule has 0 aromatic rings. The summed E-state index contributed by atoms with van der Waals surface area (Å²) in [5, 5.41) is 9.09. The van der Waals surface area contributed by atoms with Crippen LogP contribution < -0.4 is 5.73 Å². The van der Waals surface area contributed by atoms with E-state index in [4.69, 9.17) is 10.8 Å². The zero-order valence-electron chi connectivity index (χ0n) is 14.1. The molecule has 2 atom stereocenters. The number of carbonyl (C=O) groups excluding carboxylic acids is 1. The number of amides is 1. The van der Waals surface area contributed by atoms with E-state index in [1.54, 1.807) is 6.08 Å². The van der Waals surface area contributed by atoms with Gasteiger partial charge in [-0.25, -0.2) is 0 Å². The molecule has 0 aromatic heterocycles. The topological polar surface area (TPSA) is 118 Å². The Balaban J connectivity index is 4.59. The van der Waals surface area contributed by atoms with Crippen LogP contribution in [0, 0.1) is 5.92 Å². The van der Waals surface area contributed by atoms with Gasteiger partial charge in [0, 0.05) is 18.7 Å². The van der Waals surface area contributed by atoms with Crippen LogP contribution in [0.5, 0.6) is 0 Å². The molecule has 0 spiro atoms. The van der Waals surface area contributed by atoms with Crippen LogP contribution in [-0.2, 0) is 14.2 Å². The largest absolute Gasteiger partial charge is 0.481 e. The predicted octanol–water partition coefficient (Wildman–Crippen LogP) is 2.92. The minimum Gasteiger partial charge on any atom is -0.481 e. The maximum absolute atomic E-state index is 12.2. The highest BCUT2D eigenvalue weighted by atomic mass is 31.2. The second-order valence-corrected chi connectivity index (χ2v) is 8.55. The quantitative estimate of drug-likeness (QED) is 0.393. The number of nitrogens with two attached hydrogens (primary N) is 1. The summed E-state index contributed by atoms with van der Waals surface area (Å²) in [7, 11) is -3.59. The maximum Gasteiger partial charge on any atom is 0.307 e. The van der Waals surface area contributed by atoms with Gasteiger partial charge in [0.2, 0.25) is 13.3 Å². The third kappa shape index (κ3) is 11.8. The first-order chi connectivity index (χ1) is 10.5. The number of hydrogen-bond acceptors (Lipinski definition) is 3. The van der Waals surface area contributed by atoms with E-state index >= 15 is 0 Å². The molecule has 0 aliphatic heterocycles. The molecule has 23 heavy (non-hydrogen) atoms. The Bertz CT molecular complexity index is 521. The van der Waals surface area contributed by atoms with Gasteiger partial charge in [0.1, 0.15) is 0 Å². The van der Waals surface area contributed by atoms with Crippen molar-refractivity contribution >= 4 is 19.2 Å². The third-order valence-electron chi connectivity index (χ3n) is 3.41. The molecule has 1 amide bonds. The van der Waals surface area contributed by atoms with E-state index in [-0.39, 0.29) is 25.2 Å². The molecule has 0 rings (SSSR count). The van der Waals surface area contributed by atoms with E-state index < -0.39 is 25.2 Å². The standard InChI is InChI=1S/C16H28NO5P/c1-12(2)5-4-6-13(3)9-10-23(21,22)11-14(16(19)20)7-8-15(17)18/h5,9,14H,4,6-8,10-11H2,1-3H3,(H2,17,18)(H,19,20)(H,21,22)/b13-9+. The summed E-state index contributed by atoms with van der Waals surface area (Å²) < 4.78 is 12.2. The fraction of sp³-hybridized carbons (Fsp3) is 0.625. The molecule has 0 bridgehead atoms. The molecule has 0 aliphatic rings. The summed E-state index contributed by atoms with van der Waals surface area (Å²) in [6, 6.07) is 0. The van der Waals surface area contributed by atoms with Crippen LogP contribution in [0.3, 0.4) is 0 Å². The van der Waals surface area contributed by atoms with E-state index in [2.05, 4.69) is 6.08 Å². The number of allylic oxidation sites excluding steroid dienone is 4. The molecule has 2 unspecified atom stereocenters. The minimum absolute atomic E-state index is 0.0154. The highest BCUT2D eigenvalue weighted by Crippen LogP contribution is 2.43. The molecule has 0 heterocycles. The number of primary amides is 1. The van der Waals surface area contributed by atoms with E-state index in [0.717, 1.165) is 18.4 Å². The molecule has 0 saturated heterocycles. The van der Waals surface area contributed by atoms with Gasteiger partial charge in [-0.05, 0) is 40.0 Å². The smallest absolute Gasteiger partial charge is 0.307 e. The highest BCUT2D eigenvalue weighted by molar-refractivity contribution is 7.58. The van der Waals surface area contributed by atoms with Crippen LogP contribution in [-0.4, -0.2) is 34.2 Å². The van der Waals surface area contributed by atoms with Crippen LogP contribution in [0.4, 0.5) is 0 Å². The monoisotopic (exact) mass is 345 g/mol. The number of rotatable bonds is 11. The van der Waals surface area contributed by atoms with Crippen molar-refractivity contribution in [3.8, 4) is 0 Å². The first-order valence-electron chi connectivity index (χ1n) is 7.64. The van der Waals surface area contributed by atoms with Crippen LogP contribution in [0.1, 0.15) is 46.5 Å². The van der Waals surface area contributed by atoms with Gasteiger partial charge in [-0.2, -0.15) is 0 Å². The van der Waals surface area contributed by atoms with Crippen molar-refractivity contribution in [1.29, 1.82) is 0 Å². The van der Waals surface area contributed by atoms with Crippen molar-refractivity contribution in [2.75, 3.05) is 12.3 Å². The van der Waals surface area contributed by atoms with Gasteiger partial charge < -0.3 is 15.7 Å². The lowest BCUT2D eigenvalue weighted by atomic mass is 10.1. The van der Waals surface area contributed by atoms with Gasteiger partial charge >= 0.3 is 5.97 Å². The van der Waals surface area contributed by atoms with E-state index in [1.165, 1.54) is 5.57 Å².